The second-order valence-corrected chi connectivity index (χ2v) is 22.4. The summed E-state index contributed by atoms with van der Waals surface area (Å²) in [4.78, 5) is 38.4. The number of allylic oxidation sites excluding steroid dienone is 12. The van der Waals surface area contributed by atoms with Crippen LogP contribution in [0.3, 0.4) is 0 Å². The van der Waals surface area contributed by atoms with Gasteiger partial charge in [0.2, 0.25) is 0 Å². The van der Waals surface area contributed by atoms with Gasteiger partial charge in [-0.15, -0.1) is 0 Å². The lowest BCUT2D eigenvalue weighted by Crippen LogP contribution is -2.30. The third-order valence-electron chi connectivity index (χ3n) is 14.7. The molecule has 0 radical (unpaired) electrons. The summed E-state index contributed by atoms with van der Waals surface area (Å²) in [6, 6.07) is 0. The van der Waals surface area contributed by atoms with Crippen LogP contribution in [0.25, 0.3) is 0 Å². The molecule has 0 aliphatic heterocycles. The summed E-state index contributed by atoms with van der Waals surface area (Å²) in [5.74, 6) is -0.874. The Balaban J connectivity index is 4.30. The van der Waals surface area contributed by atoms with E-state index in [0.717, 1.165) is 103 Å². The van der Waals surface area contributed by atoms with E-state index in [4.69, 9.17) is 14.2 Å². The predicted molar refractivity (Wildman–Crippen MR) is 335 cm³/mol. The molecule has 0 saturated heterocycles. The lowest BCUT2D eigenvalue weighted by molar-refractivity contribution is -0.167. The Morgan fingerprint density at radius 3 is 0.831 bits per heavy atom. The van der Waals surface area contributed by atoms with E-state index >= 15 is 0 Å². The molecule has 1 unspecified atom stereocenters. The normalized spacial score (nSPS) is 12.5. The zero-order valence-corrected chi connectivity index (χ0v) is 51.2. The molecule has 0 amide bonds. The lowest BCUT2D eigenvalue weighted by Gasteiger charge is -2.18. The molecule has 6 heteroatoms. The quantitative estimate of drug-likeness (QED) is 0.0261. The maximum atomic E-state index is 12.9. The molecule has 0 aliphatic carbocycles. The van der Waals surface area contributed by atoms with E-state index in [0.29, 0.717) is 19.3 Å². The van der Waals surface area contributed by atoms with Gasteiger partial charge in [0.1, 0.15) is 13.2 Å². The Morgan fingerprint density at radius 1 is 0.273 bits per heavy atom. The van der Waals surface area contributed by atoms with E-state index in [9.17, 15) is 14.4 Å². The van der Waals surface area contributed by atoms with Crippen molar-refractivity contribution in [1.29, 1.82) is 0 Å². The monoisotopic (exact) mass is 1070 g/mol. The fourth-order valence-corrected chi connectivity index (χ4v) is 9.69. The van der Waals surface area contributed by atoms with Crippen molar-refractivity contribution in [1.82, 2.24) is 0 Å². The van der Waals surface area contributed by atoms with Gasteiger partial charge >= 0.3 is 17.9 Å². The highest BCUT2D eigenvalue weighted by atomic mass is 16.6. The first kappa shape index (κ1) is 73.8. The van der Waals surface area contributed by atoms with Gasteiger partial charge in [-0.25, -0.2) is 0 Å². The van der Waals surface area contributed by atoms with Crippen LogP contribution in [-0.4, -0.2) is 37.2 Å². The summed E-state index contributed by atoms with van der Waals surface area (Å²) in [5, 5.41) is 0. The molecule has 1 atom stereocenters. The van der Waals surface area contributed by atoms with Crippen molar-refractivity contribution in [3.63, 3.8) is 0 Å². The predicted octanol–water partition coefficient (Wildman–Crippen LogP) is 22.9. The Kier molecular flexibility index (Phi) is 62.7. The largest absolute Gasteiger partial charge is 0.462 e. The average Bonchev–Trinajstić information content (AvgIpc) is 3.43. The molecule has 0 bridgehead atoms. The molecule has 0 spiro atoms. The van der Waals surface area contributed by atoms with Gasteiger partial charge in [0.15, 0.2) is 6.10 Å². The van der Waals surface area contributed by atoms with E-state index in [1.807, 2.05) is 0 Å². The van der Waals surface area contributed by atoms with Crippen LogP contribution in [-0.2, 0) is 28.6 Å². The fourth-order valence-electron chi connectivity index (χ4n) is 9.69. The average molecular weight is 1080 g/mol. The minimum absolute atomic E-state index is 0.0774. The first-order valence-electron chi connectivity index (χ1n) is 33.4. The highest BCUT2D eigenvalue weighted by Crippen LogP contribution is 2.18. The number of rotatable bonds is 61. The Hall–Kier alpha value is -3.15. The molecule has 0 saturated carbocycles. The van der Waals surface area contributed by atoms with Crippen LogP contribution in [0.1, 0.15) is 342 Å². The summed E-state index contributed by atoms with van der Waals surface area (Å²) in [5.41, 5.74) is 0. The molecule has 0 aromatic rings. The van der Waals surface area contributed by atoms with Crippen molar-refractivity contribution >= 4 is 17.9 Å². The smallest absolute Gasteiger partial charge is 0.306 e. The molecule has 446 valence electrons. The van der Waals surface area contributed by atoms with Crippen LogP contribution < -0.4 is 0 Å². The highest BCUT2D eigenvalue weighted by Gasteiger charge is 2.19. The van der Waals surface area contributed by atoms with Crippen LogP contribution in [0, 0.1) is 0 Å². The van der Waals surface area contributed by atoms with E-state index in [-0.39, 0.29) is 31.1 Å². The molecule has 0 aromatic carbocycles. The molecule has 0 aliphatic rings. The molecular formula is C71H126O6. The zero-order valence-electron chi connectivity index (χ0n) is 51.2. The molecule has 0 N–H and O–H groups in total. The third-order valence-corrected chi connectivity index (χ3v) is 14.7. The van der Waals surface area contributed by atoms with Crippen LogP contribution in [0.2, 0.25) is 0 Å². The second kappa shape index (κ2) is 65.4. The standard InChI is InChI=1S/C71H126O6/c1-4-7-10-13-16-19-22-25-28-30-32-34-35-36-37-38-40-41-43-46-49-52-55-58-61-64-70(73)76-67-68(66-75-69(72)63-60-57-54-51-48-45-27-24-21-18-15-12-9-6-3)77-71(74)65-62-59-56-53-50-47-44-42-39-33-31-29-26-23-20-17-14-11-8-5-2/h7,10,15-16,18-19,24-25,27-28,32,34,68H,4-6,8-9,11-14,17,20-23,26,29-31,33,35-67H2,1-3H3/b10-7-,18-15-,19-16-,27-24-,28-25-,34-32-. The number of esters is 3. The fraction of sp³-hybridized carbons (Fsp3) is 0.789. The molecule has 77 heavy (non-hydrogen) atoms. The molecule has 0 fully saturated rings. The summed E-state index contributed by atoms with van der Waals surface area (Å²) >= 11 is 0. The molecule has 0 rings (SSSR count). The van der Waals surface area contributed by atoms with Gasteiger partial charge < -0.3 is 14.2 Å². The number of hydrogen-bond acceptors (Lipinski definition) is 6. The molecule has 6 nitrogen and oxygen atoms in total. The van der Waals surface area contributed by atoms with Crippen LogP contribution in [0.5, 0.6) is 0 Å². The number of ether oxygens (including phenoxy) is 3. The first-order chi connectivity index (χ1) is 38.0. The van der Waals surface area contributed by atoms with Crippen LogP contribution >= 0.6 is 0 Å². The van der Waals surface area contributed by atoms with Gasteiger partial charge in [-0.1, -0.05) is 312 Å². The molecule has 0 aromatic heterocycles. The Morgan fingerprint density at radius 2 is 0.519 bits per heavy atom. The SMILES string of the molecule is CC/C=C\C/C=C\C/C=C\C/C=C\CCCCCCCCCCCCCCC(=O)OCC(COC(=O)CCCCCCC/C=C\C/C=C\CCCC)OC(=O)CCCCCCCCCCCCCCCCCCCCCC. The van der Waals surface area contributed by atoms with Gasteiger partial charge in [-0.2, -0.15) is 0 Å². The van der Waals surface area contributed by atoms with Gasteiger partial charge in [-0.05, 0) is 83.5 Å². The second-order valence-electron chi connectivity index (χ2n) is 22.4. The lowest BCUT2D eigenvalue weighted by atomic mass is 10.0. The summed E-state index contributed by atoms with van der Waals surface area (Å²) < 4.78 is 17.0. The van der Waals surface area contributed by atoms with Gasteiger partial charge in [-0.3, -0.25) is 14.4 Å². The maximum absolute atomic E-state index is 12.9. The van der Waals surface area contributed by atoms with Crippen molar-refractivity contribution < 1.29 is 28.6 Å². The number of carbonyl (C=O) groups is 3. The van der Waals surface area contributed by atoms with Crippen molar-refractivity contribution in [3.05, 3.63) is 72.9 Å². The zero-order chi connectivity index (χ0) is 55.7. The highest BCUT2D eigenvalue weighted by molar-refractivity contribution is 5.71. The van der Waals surface area contributed by atoms with Crippen molar-refractivity contribution in [2.24, 2.45) is 0 Å². The van der Waals surface area contributed by atoms with Gasteiger partial charge in [0.05, 0.1) is 0 Å². The number of unbranched alkanes of at least 4 members (excludes halogenated alkanes) is 38. The Bertz CT molecular complexity index is 1420. The topological polar surface area (TPSA) is 78.9 Å². The van der Waals surface area contributed by atoms with Gasteiger partial charge in [0.25, 0.3) is 0 Å². The number of hydrogen-bond donors (Lipinski definition) is 0. The van der Waals surface area contributed by atoms with Gasteiger partial charge in [0, 0.05) is 19.3 Å². The summed E-state index contributed by atoms with van der Waals surface area (Å²) in [6.45, 7) is 6.53. The number of carbonyl (C=O) groups excluding carboxylic acids is 3. The van der Waals surface area contributed by atoms with Crippen molar-refractivity contribution in [2.45, 2.75) is 348 Å². The van der Waals surface area contributed by atoms with Crippen LogP contribution in [0.4, 0.5) is 0 Å². The van der Waals surface area contributed by atoms with Crippen molar-refractivity contribution in [2.75, 3.05) is 13.2 Å². The third kappa shape index (κ3) is 63.6. The first-order valence-corrected chi connectivity index (χ1v) is 33.4. The van der Waals surface area contributed by atoms with Crippen LogP contribution in [0.15, 0.2) is 72.9 Å². The van der Waals surface area contributed by atoms with E-state index in [1.165, 1.54) is 199 Å². The molecule has 0 heterocycles. The molecular weight excluding hydrogens is 949 g/mol. The summed E-state index contributed by atoms with van der Waals surface area (Å²) in [7, 11) is 0. The maximum Gasteiger partial charge on any atom is 0.306 e. The minimum atomic E-state index is -0.781. The van der Waals surface area contributed by atoms with E-state index in [2.05, 4.69) is 93.7 Å². The summed E-state index contributed by atoms with van der Waals surface area (Å²) in [6.07, 6.45) is 84.9. The Labute approximate surface area is 478 Å². The van der Waals surface area contributed by atoms with E-state index in [1.54, 1.807) is 0 Å². The minimum Gasteiger partial charge on any atom is -0.462 e. The van der Waals surface area contributed by atoms with Crippen molar-refractivity contribution in [3.8, 4) is 0 Å². The van der Waals surface area contributed by atoms with E-state index < -0.39 is 6.10 Å².